The Balaban J connectivity index is 1.70. The van der Waals surface area contributed by atoms with Gasteiger partial charge in [-0.3, -0.25) is 9.59 Å². The van der Waals surface area contributed by atoms with Gasteiger partial charge in [0.15, 0.2) is 0 Å². The fourth-order valence-electron chi connectivity index (χ4n) is 4.80. The zero-order chi connectivity index (χ0) is 20.3. The summed E-state index contributed by atoms with van der Waals surface area (Å²) in [5.41, 5.74) is 1.27. The van der Waals surface area contributed by atoms with Gasteiger partial charge in [0.05, 0.1) is 18.4 Å². The Morgan fingerprint density at radius 2 is 2.18 bits per heavy atom. The van der Waals surface area contributed by atoms with Crippen LogP contribution in [0.1, 0.15) is 65.7 Å². The predicted molar refractivity (Wildman–Crippen MR) is 106 cm³/mol. The lowest BCUT2D eigenvalue weighted by atomic mass is 9.66. The van der Waals surface area contributed by atoms with E-state index in [4.69, 9.17) is 9.47 Å². The van der Waals surface area contributed by atoms with Gasteiger partial charge in [-0.05, 0) is 49.5 Å². The Morgan fingerprint density at radius 1 is 1.39 bits per heavy atom. The number of cyclic esters (lactones) is 1. The predicted octanol–water partition coefficient (Wildman–Crippen LogP) is 3.95. The summed E-state index contributed by atoms with van der Waals surface area (Å²) < 4.78 is 11.4. The standard InChI is InChI=1S/C23H34O5/c1-4-14(2)23(26)28-20-7-5-6-16-9-8-15(3)19(22(16)20)11-10-18-12-17(24)13-21(25)27-18/h6,8-9,14-15,17-20,22,24H,4-5,7,10-13H2,1-3H3/t14-,15-,17-,18+,19-,20-,22?/m0/s1. The van der Waals surface area contributed by atoms with Crippen molar-refractivity contribution in [2.75, 3.05) is 0 Å². The third-order valence-corrected chi connectivity index (χ3v) is 6.69. The molecule has 5 heteroatoms. The molecule has 0 aromatic heterocycles. The highest BCUT2D eigenvalue weighted by molar-refractivity contribution is 5.72. The average molecular weight is 391 g/mol. The van der Waals surface area contributed by atoms with Crippen molar-refractivity contribution in [3.05, 3.63) is 23.8 Å². The smallest absolute Gasteiger partial charge is 0.308 e. The minimum absolute atomic E-state index is 0.0764. The Bertz CT molecular complexity index is 637. The highest BCUT2D eigenvalue weighted by Gasteiger charge is 2.40. The van der Waals surface area contributed by atoms with Crippen molar-refractivity contribution in [3.63, 3.8) is 0 Å². The SMILES string of the molecule is CC[C@H](C)C(=O)O[C@H]1CCC=C2C=C[C@H](C)[C@H](CC[C@@H]3C[C@H](O)CC(=O)O3)C21. The molecule has 28 heavy (non-hydrogen) atoms. The van der Waals surface area contributed by atoms with Gasteiger partial charge in [-0.15, -0.1) is 0 Å². The molecule has 1 aliphatic heterocycles. The molecule has 0 spiro atoms. The van der Waals surface area contributed by atoms with Crippen LogP contribution >= 0.6 is 0 Å². The molecular weight excluding hydrogens is 356 g/mol. The van der Waals surface area contributed by atoms with Crippen LogP contribution < -0.4 is 0 Å². The molecule has 1 fully saturated rings. The second-order valence-corrected chi connectivity index (χ2v) is 8.76. The van der Waals surface area contributed by atoms with E-state index in [1.807, 2.05) is 13.8 Å². The normalized spacial score (nSPS) is 36.1. The summed E-state index contributed by atoms with van der Waals surface area (Å²) in [7, 11) is 0. The number of carbonyl (C=O) groups excluding carboxylic acids is 2. The van der Waals surface area contributed by atoms with Crippen molar-refractivity contribution in [2.45, 2.75) is 84.0 Å². The minimum atomic E-state index is -0.593. The summed E-state index contributed by atoms with van der Waals surface area (Å²) in [6.07, 6.45) is 10.6. The van der Waals surface area contributed by atoms with Crippen LogP contribution in [0.4, 0.5) is 0 Å². The first-order valence-corrected chi connectivity index (χ1v) is 10.8. The molecular formula is C23H34O5. The lowest BCUT2D eigenvalue weighted by Crippen LogP contribution is -2.40. The first-order chi connectivity index (χ1) is 13.4. The van der Waals surface area contributed by atoms with Crippen molar-refractivity contribution < 1.29 is 24.2 Å². The van der Waals surface area contributed by atoms with E-state index >= 15 is 0 Å². The number of esters is 2. The molecule has 0 radical (unpaired) electrons. The van der Waals surface area contributed by atoms with Crippen molar-refractivity contribution in [2.24, 2.45) is 23.7 Å². The number of fused-ring (bicyclic) bond motifs is 1. The number of ether oxygens (including phenoxy) is 2. The molecule has 1 heterocycles. The Hall–Kier alpha value is -1.62. The molecule has 5 nitrogen and oxygen atoms in total. The van der Waals surface area contributed by atoms with Gasteiger partial charge in [0, 0.05) is 12.3 Å². The molecule has 3 rings (SSSR count). The number of aliphatic hydroxyl groups is 1. The molecule has 0 aromatic rings. The fraction of sp³-hybridized carbons (Fsp3) is 0.739. The summed E-state index contributed by atoms with van der Waals surface area (Å²) in [6, 6.07) is 0. The van der Waals surface area contributed by atoms with Crippen LogP contribution in [0.25, 0.3) is 0 Å². The van der Waals surface area contributed by atoms with Crippen molar-refractivity contribution in [3.8, 4) is 0 Å². The Labute approximate surface area is 168 Å². The maximum Gasteiger partial charge on any atom is 0.308 e. The van der Waals surface area contributed by atoms with Crippen LogP contribution in [0.3, 0.4) is 0 Å². The molecule has 7 atom stereocenters. The van der Waals surface area contributed by atoms with Gasteiger partial charge in [0.25, 0.3) is 0 Å². The quantitative estimate of drug-likeness (QED) is 0.695. The van der Waals surface area contributed by atoms with Crippen molar-refractivity contribution in [1.82, 2.24) is 0 Å². The van der Waals surface area contributed by atoms with Crippen LogP contribution in [0.2, 0.25) is 0 Å². The van der Waals surface area contributed by atoms with Crippen LogP contribution in [-0.2, 0) is 19.1 Å². The van der Waals surface area contributed by atoms with E-state index < -0.39 is 6.10 Å². The van der Waals surface area contributed by atoms with Gasteiger partial charge < -0.3 is 14.6 Å². The monoisotopic (exact) mass is 390 g/mol. The van der Waals surface area contributed by atoms with Crippen LogP contribution in [0.15, 0.2) is 23.8 Å². The summed E-state index contributed by atoms with van der Waals surface area (Å²) >= 11 is 0. The summed E-state index contributed by atoms with van der Waals surface area (Å²) in [4.78, 5) is 24.1. The molecule has 0 amide bonds. The molecule has 2 aliphatic carbocycles. The van der Waals surface area contributed by atoms with Gasteiger partial charge in [-0.25, -0.2) is 0 Å². The molecule has 1 unspecified atom stereocenters. The highest BCUT2D eigenvalue weighted by atomic mass is 16.5. The third kappa shape index (κ3) is 4.86. The summed E-state index contributed by atoms with van der Waals surface area (Å²) in [5.74, 6) is 0.426. The molecule has 156 valence electrons. The molecule has 0 bridgehead atoms. The van der Waals surface area contributed by atoms with Crippen LogP contribution in [0.5, 0.6) is 0 Å². The number of aliphatic hydroxyl groups excluding tert-OH is 1. The summed E-state index contributed by atoms with van der Waals surface area (Å²) in [5, 5.41) is 9.86. The molecule has 3 aliphatic rings. The maximum absolute atomic E-state index is 12.4. The zero-order valence-corrected chi connectivity index (χ0v) is 17.3. The zero-order valence-electron chi connectivity index (χ0n) is 17.3. The second kappa shape index (κ2) is 9.25. The molecule has 1 saturated heterocycles. The molecule has 0 aromatic carbocycles. The largest absolute Gasteiger partial charge is 0.462 e. The summed E-state index contributed by atoms with van der Waals surface area (Å²) in [6.45, 7) is 6.14. The molecule has 0 saturated carbocycles. The van der Waals surface area contributed by atoms with E-state index in [1.54, 1.807) is 0 Å². The number of hydrogen-bond acceptors (Lipinski definition) is 5. The molecule has 1 N–H and O–H groups in total. The lowest BCUT2D eigenvalue weighted by molar-refractivity contribution is -0.162. The van der Waals surface area contributed by atoms with Crippen molar-refractivity contribution in [1.29, 1.82) is 0 Å². The van der Waals surface area contributed by atoms with E-state index in [-0.39, 0.29) is 42.4 Å². The first kappa shape index (κ1) is 21.1. The van der Waals surface area contributed by atoms with E-state index in [0.717, 1.165) is 32.1 Å². The maximum atomic E-state index is 12.4. The van der Waals surface area contributed by atoms with Gasteiger partial charge in [0.1, 0.15) is 12.2 Å². The minimum Gasteiger partial charge on any atom is -0.462 e. The fourth-order valence-corrected chi connectivity index (χ4v) is 4.80. The van der Waals surface area contributed by atoms with Crippen molar-refractivity contribution >= 4 is 11.9 Å². The van der Waals surface area contributed by atoms with E-state index in [2.05, 4.69) is 25.2 Å². The Morgan fingerprint density at radius 3 is 2.89 bits per heavy atom. The van der Waals surface area contributed by atoms with Gasteiger partial charge in [-0.2, -0.15) is 0 Å². The lowest BCUT2D eigenvalue weighted by Gasteiger charge is -2.42. The van der Waals surface area contributed by atoms with Gasteiger partial charge >= 0.3 is 11.9 Å². The Kier molecular flexibility index (Phi) is 6.97. The number of carbonyl (C=O) groups is 2. The van der Waals surface area contributed by atoms with Crippen LogP contribution in [-0.4, -0.2) is 35.4 Å². The third-order valence-electron chi connectivity index (χ3n) is 6.69. The van der Waals surface area contributed by atoms with Gasteiger partial charge in [0.2, 0.25) is 0 Å². The second-order valence-electron chi connectivity index (χ2n) is 8.76. The van der Waals surface area contributed by atoms with Gasteiger partial charge in [-0.1, -0.05) is 39.0 Å². The van der Waals surface area contributed by atoms with Crippen LogP contribution in [0, 0.1) is 23.7 Å². The number of hydrogen-bond donors (Lipinski definition) is 1. The number of allylic oxidation sites excluding steroid dienone is 3. The van der Waals surface area contributed by atoms with E-state index in [9.17, 15) is 14.7 Å². The highest BCUT2D eigenvalue weighted by Crippen LogP contribution is 2.44. The average Bonchev–Trinajstić information content (AvgIpc) is 2.66. The first-order valence-electron chi connectivity index (χ1n) is 10.8. The van der Waals surface area contributed by atoms with E-state index in [0.29, 0.717) is 18.3 Å². The number of rotatable bonds is 6. The van der Waals surface area contributed by atoms with E-state index in [1.165, 1.54) is 5.57 Å². The topological polar surface area (TPSA) is 72.8 Å².